The Hall–Kier alpha value is -0.260. The normalized spacial score (nSPS) is 63.4. The van der Waals surface area contributed by atoms with E-state index in [4.69, 9.17) is 0 Å². The van der Waals surface area contributed by atoms with E-state index in [0.717, 1.165) is 29.1 Å². The Bertz CT molecular complexity index is 218. The van der Waals surface area contributed by atoms with Gasteiger partial charge in [-0.1, -0.05) is 13.0 Å². The second-order valence-electron chi connectivity index (χ2n) is 4.76. The third kappa shape index (κ3) is 0.432. The van der Waals surface area contributed by atoms with Gasteiger partial charge in [-0.15, -0.1) is 6.58 Å². The number of allylic oxidation sites excluding steroid dienone is 1. The number of rotatable bonds is 2. The SMILES string of the molecule is C=CCC1C2C3CC[C@]12[C@@H]3C. The van der Waals surface area contributed by atoms with Crippen LogP contribution in [0.1, 0.15) is 26.2 Å². The molecule has 0 N–H and O–H groups in total. The molecule has 0 radical (unpaired) electrons. The molecule has 1 spiro atoms. The number of fused-ring (bicyclic) bond motifs is 1. The van der Waals surface area contributed by atoms with E-state index in [1.807, 2.05) is 0 Å². The summed E-state index contributed by atoms with van der Waals surface area (Å²) in [5.74, 6) is 4.40. The Labute approximate surface area is 68.7 Å². The predicted molar refractivity (Wildman–Crippen MR) is 46.1 cm³/mol. The van der Waals surface area contributed by atoms with E-state index < -0.39 is 0 Å². The van der Waals surface area contributed by atoms with Crippen LogP contribution in [0, 0.1) is 29.1 Å². The molecule has 0 saturated heterocycles. The van der Waals surface area contributed by atoms with Crippen LogP contribution in [0.25, 0.3) is 0 Å². The van der Waals surface area contributed by atoms with Gasteiger partial charge in [0.2, 0.25) is 0 Å². The van der Waals surface area contributed by atoms with Crippen molar-refractivity contribution in [1.29, 1.82) is 0 Å². The Morgan fingerprint density at radius 2 is 2.45 bits per heavy atom. The van der Waals surface area contributed by atoms with E-state index in [9.17, 15) is 0 Å². The Balaban J connectivity index is 1.84. The highest BCUT2D eigenvalue weighted by Gasteiger charge is 2.81. The highest BCUT2D eigenvalue weighted by molar-refractivity contribution is 5.29. The van der Waals surface area contributed by atoms with Crippen molar-refractivity contribution in [3.05, 3.63) is 12.7 Å². The van der Waals surface area contributed by atoms with Gasteiger partial charge in [-0.3, -0.25) is 0 Å². The largest absolute Gasteiger partial charge is 0.103 e. The fourth-order valence-corrected chi connectivity index (χ4v) is 4.47. The van der Waals surface area contributed by atoms with Gasteiger partial charge in [0.1, 0.15) is 0 Å². The molecule has 0 aliphatic heterocycles. The lowest BCUT2D eigenvalue weighted by Gasteiger charge is -2.31. The van der Waals surface area contributed by atoms with Gasteiger partial charge in [0.25, 0.3) is 0 Å². The van der Waals surface area contributed by atoms with Crippen molar-refractivity contribution < 1.29 is 0 Å². The van der Waals surface area contributed by atoms with Crippen LogP contribution in [0.2, 0.25) is 0 Å². The minimum absolute atomic E-state index is 0.860. The molecular weight excluding hydrogens is 132 g/mol. The topological polar surface area (TPSA) is 0 Å². The van der Waals surface area contributed by atoms with Crippen LogP contribution >= 0.6 is 0 Å². The molecule has 0 aromatic carbocycles. The second-order valence-corrected chi connectivity index (χ2v) is 4.76. The maximum absolute atomic E-state index is 3.84. The molecule has 0 heteroatoms. The zero-order chi connectivity index (χ0) is 7.64. The molecule has 60 valence electrons. The first-order valence-electron chi connectivity index (χ1n) is 4.93. The van der Waals surface area contributed by atoms with Crippen molar-refractivity contribution in [3.8, 4) is 0 Å². The fraction of sp³-hybridized carbons (Fsp3) is 0.818. The van der Waals surface area contributed by atoms with Gasteiger partial charge in [-0.25, -0.2) is 0 Å². The van der Waals surface area contributed by atoms with Gasteiger partial charge in [0, 0.05) is 0 Å². The lowest BCUT2D eigenvalue weighted by atomic mass is 9.73. The Morgan fingerprint density at radius 1 is 1.64 bits per heavy atom. The molecule has 0 nitrogen and oxygen atoms in total. The van der Waals surface area contributed by atoms with Gasteiger partial charge >= 0.3 is 0 Å². The van der Waals surface area contributed by atoms with E-state index in [0.29, 0.717) is 0 Å². The first kappa shape index (κ1) is 6.28. The molecule has 4 aliphatic rings. The molecule has 4 fully saturated rings. The van der Waals surface area contributed by atoms with E-state index in [1.54, 1.807) is 12.8 Å². The summed E-state index contributed by atoms with van der Waals surface area (Å²) in [4.78, 5) is 0. The fourth-order valence-electron chi connectivity index (χ4n) is 4.47. The number of hydrogen-bond acceptors (Lipinski definition) is 0. The quantitative estimate of drug-likeness (QED) is 0.528. The molecule has 3 unspecified atom stereocenters. The first-order valence-corrected chi connectivity index (χ1v) is 4.93. The van der Waals surface area contributed by atoms with Crippen LogP contribution in [0.4, 0.5) is 0 Å². The summed E-state index contributed by atoms with van der Waals surface area (Å²) in [5.41, 5.74) is 0.860. The van der Waals surface area contributed by atoms with Crippen molar-refractivity contribution in [2.75, 3.05) is 0 Å². The van der Waals surface area contributed by atoms with Crippen LogP contribution < -0.4 is 0 Å². The summed E-state index contributed by atoms with van der Waals surface area (Å²) < 4.78 is 0. The standard InChI is InChI=1S/C11H16/c1-3-4-9-10-8-5-6-11(9,10)7(8)2/h3,7-10H,1,4-6H2,2H3/t7-,8?,9?,10?,11+/m1/s1. The van der Waals surface area contributed by atoms with Crippen molar-refractivity contribution in [3.63, 3.8) is 0 Å². The molecule has 5 atom stereocenters. The van der Waals surface area contributed by atoms with Gasteiger partial charge in [-0.05, 0) is 48.3 Å². The van der Waals surface area contributed by atoms with Gasteiger partial charge in [0.15, 0.2) is 0 Å². The average Bonchev–Trinajstić information content (AvgIpc) is 2.35. The van der Waals surface area contributed by atoms with Gasteiger partial charge in [0.05, 0.1) is 0 Å². The maximum atomic E-state index is 3.84. The highest BCUT2D eigenvalue weighted by atomic mass is 14.8. The highest BCUT2D eigenvalue weighted by Crippen LogP contribution is 2.86. The third-order valence-electron chi connectivity index (χ3n) is 4.92. The van der Waals surface area contributed by atoms with Crippen LogP contribution in [0.5, 0.6) is 0 Å². The van der Waals surface area contributed by atoms with Crippen LogP contribution in [0.3, 0.4) is 0 Å². The van der Waals surface area contributed by atoms with E-state index in [2.05, 4.69) is 19.6 Å². The molecule has 0 aromatic heterocycles. The van der Waals surface area contributed by atoms with Crippen molar-refractivity contribution in [2.24, 2.45) is 29.1 Å². The van der Waals surface area contributed by atoms with Crippen molar-refractivity contribution >= 4 is 0 Å². The van der Waals surface area contributed by atoms with Gasteiger partial charge < -0.3 is 0 Å². The zero-order valence-corrected chi connectivity index (χ0v) is 7.22. The lowest BCUT2D eigenvalue weighted by molar-refractivity contribution is 0.163. The van der Waals surface area contributed by atoms with Crippen LogP contribution in [-0.4, -0.2) is 0 Å². The van der Waals surface area contributed by atoms with E-state index >= 15 is 0 Å². The van der Waals surface area contributed by atoms with Crippen molar-refractivity contribution in [2.45, 2.75) is 26.2 Å². The maximum Gasteiger partial charge on any atom is -0.0201 e. The monoisotopic (exact) mass is 148 g/mol. The van der Waals surface area contributed by atoms with E-state index in [-0.39, 0.29) is 0 Å². The first-order chi connectivity index (χ1) is 5.32. The second kappa shape index (κ2) is 1.57. The zero-order valence-electron chi connectivity index (χ0n) is 7.22. The smallest absolute Gasteiger partial charge is 0.0201 e. The molecule has 2 bridgehead atoms. The van der Waals surface area contributed by atoms with Crippen LogP contribution in [-0.2, 0) is 0 Å². The predicted octanol–water partition coefficient (Wildman–Crippen LogP) is 2.85. The molecule has 0 aromatic rings. The summed E-state index contributed by atoms with van der Waals surface area (Å²) in [6.07, 6.45) is 6.51. The van der Waals surface area contributed by atoms with Gasteiger partial charge in [-0.2, -0.15) is 0 Å². The molecule has 11 heavy (non-hydrogen) atoms. The number of hydrogen-bond donors (Lipinski definition) is 0. The molecule has 4 saturated carbocycles. The molecule has 0 amide bonds. The Kier molecular flexibility index (Phi) is 0.898. The lowest BCUT2D eigenvalue weighted by Crippen LogP contribution is -2.26. The third-order valence-corrected chi connectivity index (χ3v) is 4.92. The summed E-state index contributed by atoms with van der Waals surface area (Å²) in [7, 11) is 0. The van der Waals surface area contributed by atoms with Crippen LogP contribution in [0.15, 0.2) is 12.7 Å². The summed E-state index contributed by atoms with van der Waals surface area (Å²) in [6, 6.07) is 0. The summed E-state index contributed by atoms with van der Waals surface area (Å²) in [6.45, 7) is 6.31. The average molecular weight is 148 g/mol. The minimum Gasteiger partial charge on any atom is -0.103 e. The molecule has 4 rings (SSSR count). The summed E-state index contributed by atoms with van der Waals surface area (Å²) >= 11 is 0. The Morgan fingerprint density at radius 3 is 2.91 bits per heavy atom. The summed E-state index contributed by atoms with van der Waals surface area (Å²) in [5, 5.41) is 0. The molecule has 4 aliphatic carbocycles. The minimum atomic E-state index is 0.860. The molecular formula is C11H16. The van der Waals surface area contributed by atoms with E-state index in [1.165, 1.54) is 6.42 Å². The van der Waals surface area contributed by atoms with Crippen molar-refractivity contribution in [1.82, 2.24) is 0 Å². The molecule has 0 heterocycles.